The van der Waals surface area contributed by atoms with Crippen LogP contribution in [0.5, 0.6) is 0 Å². The van der Waals surface area contributed by atoms with Gasteiger partial charge in [-0.25, -0.2) is 0 Å². The molecule has 0 aliphatic heterocycles. The highest BCUT2D eigenvalue weighted by molar-refractivity contribution is 5.71. The maximum Gasteiger partial charge on any atom is 0.306 e. The lowest BCUT2D eigenvalue weighted by Crippen LogP contribution is -2.30. The van der Waals surface area contributed by atoms with E-state index < -0.39 is 6.10 Å². The molecule has 0 aromatic rings. The highest BCUT2D eigenvalue weighted by Crippen LogP contribution is 2.16. The Balaban J connectivity index is 4.34. The van der Waals surface area contributed by atoms with E-state index in [1.807, 2.05) is 0 Å². The van der Waals surface area contributed by atoms with Crippen molar-refractivity contribution < 1.29 is 28.6 Å². The summed E-state index contributed by atoms with van der Waals surface area (Å²) >= 11 is 0. The van der Waals surface area contributed by atoms with Gasteiger partial charge in [0.1, 0.15) is 13.2 Å². The molecule has 0 N–H and O–H groups in total. The van der Waals surface area contributed by atoms with Crippen LogP contribution < -0.4 is 0 Å². The van der Waals surface area contributed by atoms with E-state index in [9.17, 15) is 14.4 Å². The molecular weight excluding hydrogens is 937 g/mol. The van der Waals surface area contributed by atoms with E-state index in [1.54, 1.807) is 0 Å². The average molecular weight is 1060 g/mol. The number of hydrogen-bond acceptors (Lipinski definition) is 6. The van der Waals surface area contributed by atoms with Crippen LogP contribution >= 0.6 is 0 Å². The number of carbonyl (C=O) groups is 3. The van der Waals surface area contributed by atoms with Crippen molar-refractivity contribution in [2.45, 2.75) is 303 Å². The molecule has 1 atom stereocenters. The van der Waals surface area contributed by atoms with Crippen molar-refractivity contribution in [2.75, 3.05) is 13.2 Å². The molecule has 76 heavy (non-hydrogen) atoms. The number of unbranched alkanes of at least 4 members (excludes halogenated alkanes) is 28. The predicted octanol–water partition coefficient (Wildman–Crippen LogP) is 21.8. The van der Waals surface area contributed by atoms with Gasteiger partial charge in [-0.2, -0.15) is 0 Å². The predicted molar refractivity (Wildman–Crippen MR) is 330 cm³/mol. The molecule has 0 aromatic carbocycles. The molecule has 0 heterocycles. The van der Waals surface area contributed by atoms with Gasteiger partial charge in [0, 0.05) is 19.3 Å². The summed E-state index contributed by atoms with van der Waals surface area (Å²) in [5, 5.41) is 0. The Morgan fingerprint density at radius 1 is 0.276 bits per heavy atom. The van der Waals surface area contributed by atoms with Gasteiger partial charge in [0.05, 0.1) is 0 Å². The first-order valence-corrected chi connectivity index (χ1v) is 31.9. The normalized spacial score (nSPS) is 12.8. The molecule has 0 aromatic heterocycles. The summed E-state index contributed by atoms with van der Waals surface area (Å²) in [7, 11) is 0. The van der Waals surface area contributed by atoms with Crippen LogP contribution in [0.3, 0.4) is 0 Å². The van der Waals surface area contributed by atoms with Crippen LogP contribution in [-0.4, -0.2) is 37.2 Å². The minimum Gasteiger partial charge on any atom is -0.462 e. The first kappa shape index (κ1) is 72.1. The molecule has 0 aliphatic carbocycles. The van der Waals surface area contributed by atoms with Crippen molar-refractivity contribution in [1.82, 2.24) is 0 Å². The van der Waals surface area contributed by atoms with E-state index in [0.29, 0.717) is 19.3 Å². The van der Waals surface area contributed by atoms with Crippen LogP contribution in [0.2, 0.25) is 0 Å². The highest BCUT2D eigenvalue weighted by atomic mass is 16.6. The fraction of sp³-hybridized carbons (Fsp3) is 0.700. The van der Waals surface area contributed by atoms with Crippen molar-refractivity contribution in [2.24, 2.45) is 0 Å². The van der Waals surface area contributed by atoms with Crippen molar-refractivity contribution in [3.05, 3.63) is 109 Å². The molecule has 0 amide bonds. The second-order valence-corrected chi connectivity index (χ2v) is 20.9. The molecule has 0 fully saturated rings. The number of esters is 3. The number of hydrogen-bond donors (Lipinski definition) is 0. The summed E-state index contributed by atoms with van der Waals surface area (Å²) in [5.74, 6) is -0.949. The van der Waals surface area contributed by atoms with E-state index in [-0.39, 0.29) is 37.5 Å². The summed E-state index contributed by atoms with van der Waals surface area (Å²) < 4.78 is 16.9. The van der Waals surface area contributed by atoms with E-state index >= 15 is 0 Å². The minimum atomic E-state index is -0.808. The molecule has 0 spiro atoms. The quantitative estimate of drug-likeness (QED) is 0.0261. The smallest absolute Gasteiger partial charge is 0.306 e. The molecule has 0 aliphatic rings. The topological polar surface area (TPSA) is 78.9 Å². The maximum atomic E-state index is 12.9. The third-order valence-corrected chi connectivity index (χ3v) is 13.5. The molecule has 0 bridgehead atoms. The Morgan fingerprint density at radius 2 is 0.526 bits per heavy atom. The minimum absolute atomic E-state index is 0.0982. The zero-order chi connectivity index (χ0) is 55.0. The van der Waals surface area contributed by atoms with E-state index in [0.717, 1.165) is 103 Å². The lowest BCUT2D eigenvalue weighted by Gasteiger charge is -2.18. The Bertz CT molecular complexity index is 1540. The van der Waals surface area contributed by atoms with Crippen LogP contribution in [0.25, 0.3) is 0 Å². The first-order chi connectivity index (χ1) is 37.5. The van der Waals surface area contributed by atoms with Gasteiger partial charge in [0.2, 0.25) is 0 Å². The van der Waals surface area contributed by atoms with Crippen LogP contribution in [0.15, 0.2) is 109 Å². The summed E-state index contributed by atoms with van der Waals surface area (Å²) in [5.41, 5.74) is 0. The van der Waals surface area contributed by atoms with Crippen LogP contribution in [0.1, 0.15) is 297 Å². The molecule has 6 heteroatoms. The Morgan fingerprint density at radius 3 is 0.842 bits per heavy atom. The fourth-order valence-corrected chi connectivity index (χ4v) is 8.82. The zero-order valence-electron chi connectivity index (χ0n) is 49.7. The summed E-state index contributed by atoms with van der Waals surface area (Å²) in [6.45, 7) is 6.39. The second-order valence-electron chi connectivity index (χ2n) is 20.9. The van der Waals surface area contributed by atoms with Crippen LogP contribution in [0.4, 0.5) is 0 Å². The Labute approximate surface area is 470 Å². The van der Waals surface area contributed by atoms with Crippen LogP contribution in [0, 0.1) is 0 Å². The Kier molecular flexibility index (Phi) is 60.3. The third kappa shape index (κ3) is 60.9. The summed E-state index contributed by atoms with van der Waals surface area (Å²) in [4.78, 5) is 38.3. The maximum absolute atomic E-state index is 12.9. The summed E-state index contributed by atoms with van der Waals surface area (Å²) in [6, 6.07) is 0. The number of carbonyl (C=O) groups excluding carboxylic acids is 3. The molecule has 0 saturated heterocycles. The van der Waals surface area contributed by atoms with Gasteiger partial charge in [0.25, 0.3) is 0 Å². The van der Waals surface area contributed by atoms with Crippen molar-refractivity contribution >= 4 is 17.9 Å². The average Bonchev–Trinajstić information content (AvgIpc) is 3.42. The van der Waals surface area contributed by atoms with Gasteiger partial charge in [0.15, 0.2) is 6.10 Å². The first-order valence-electron chi connectivity index (χ1n) is 31.9. The third-order valence-electron chi connectivity index (χ3n) is 13.5. The molecule has 6 nitrogen and oxygen atoms in total. The molecule has 434 valence electrons. The van der Waals surface area contributed by atoms with Crippen LogP contribution in [-0.2, 0) is 28.6 Å². The second kappa shape index (κ2) is 63.6. The standard InChI is InChI=1S/C70H118O6/c1-4-7-10-13-16-19-22-25-28-30-31-32-33-34-35-36-37-38-39-41-42-45-48-51-54-57-60-63-69(72)75-66-67(65-74-68(71)62-59-56-53-50-47-44-27-24-21-18-15-12-9-6-3)76-70(73)64-61-58-55-52-49-46-43-40-29-26-23-20-17-14-11-8-5-2/h7-8,10-11,16-17,19-20,25-26,28-29,31-32,43,46,52,55,67H,4-6,9,12-15,18,21-24,27,30,33-42,44-45,47-51,53-54,56-66H2,1-3H3/b10-7-,11-8-,19-16-,20-17-,28-25-,29-26-,32-31-,46-43-,55-52-. The van der Waals surface area contributed by atoms with Gasteiger partial charge in [-0.05, 0) is 96.3 Å². The lowest BCUT2D eigenvalue weighted by atomic mass is 10.0. The Hall–Kier alpha value is -3.93. The summed E-state index contributed by atoms with van der Waals surface area (Å²) in [6.07, 6.45) is 86.8. The molecule has 0 saturated carbocycles. The van der Waals surface area contributed by atoms with Gasteiger partial charge < -0.3 is 14.2 Å². The number of allylic oxidation sites excluding steroid dienone is 18. The van der Waals surface area contributed by atoms with Gasteiger partial charge in [-0.3, -0.25) is 14.4 Å². The number of rotatable bonds is 57. The highest BCUT2D eigenvalue weighted by Gasteiger charge is 2.19. The van der Waals surface area contributed by atoms with Gasteiger partial charge in [-0.1, -0.05) is 291 Å². The molecule has 0 radical (unpaired) electrons. The van der Waals surface area contributed by atoms with Crippen molar-refractivity contribution in [3.63, 3.8) is 0 Å². The van der Waals surface area contributed by atoms with E-state index in [2.05, 4.69) is 130 Å². The van der Waals surface area contributed by atoms with Crippen molar-refractivity contribution in [1.29, 1.82) is 0 Å². The molecule has 0 rings (SSSR count). The molecular formula is C70H118O6. The van der Waals surface area contributed by atoms with Gasteiger partial charge >= 0.3 is 17.9 Å². The van der Waals surface area contributed by atoms with E-state index in [1.165, 1.54) is 148 Å². The number of ether oxygens (including phenoxy) is 3. The fourth-order valence-electron chi connectivity index (χ4n) is 8.82. The SMILES string of the molecule is CC/C=C\C/C=C\C/C=C\C/C=C\C/C=C\CCCC(=O)OC(COC(=O)CCCCCCCCCCCCCCCC)COC(=O)CCCCCCCCCCCCCCCC/C=C\C/C=C\C/C=C\C/C=C\CC. The molecule has 1 unspecified atom stereocenters. The van der Waals surface area contributed by atoms with E-state index in [4.69, 9.17) is 14.2 Å². The monoisotopic (exact) mass is 1050 g/mol. The lowest BCUT2D eigenvalue weighted by molar-refractivity contribution is -0.167. The van der Waals surface area contributed by atoms with Gasteiger partial charge in [-0.15, -0.1) is 0 Å². The zero-order valence-corrected chi connectivity index (χ0v) is 49.7. The van der Waals surface area contributed by atoms with Crippen molar-refractivity contribution in [3.8, 4) is 0 Å². The largest absolute Gasteiger partial charge is 0.462 e.